The highest BCUT2D eigenvalue weighted by molar-refractivity contribution is 8.76. The van der Waals surface area contributed by atoms with Crippen LogP contribution >= 0.6 is 21.6 Å². The van der Waals surface area contributed by atoms with Gasteiger partial charge < -0.3 is 14.7 Å². The van der Waals surface area contributed by atoms with Crippen LogP contribution in [0.25, 0.3) is 12.2 Å². The molecule has 1 unspecified atom stereocenters. The van der Waals surface area contributed by atoms with Crippen LogP contribution in [0.1, 0.15) is 57.7 Å². The average molecular weight is 770 g/mol. The van der Waals surface area contributed by atoms with E-state index in [9.17, 15) is 0 Å². The van der Waals surface area contributed by atoms with Gasteiger partial charge in [0.05, 0.1) is 0 Å². The van der Waals surface area contributed by atoms with E-state index in [2.05, 4.69) is 168 Å². The Balaban J connectivity index is 1.19. The van der Waals surface area contributed by atoms with Gasteiger partial charge in [0.25, 0.3) is 0 Å². The summed E-state index contributed by atoms with van der Waals surface area (Å²) in [5.74, 6) is 2.35. The van der Waals surface area contributed by atoms with Crippen molar-refractivity contribution >= 4 is 45.6 Å². The number of nitrogens with zero attached hydrogens (tertiary/aromatic N) is 6. The molecule has 294 valence electrons. The number of aliphatic imine (C=N–C) groups is 1. The van der Waals surface area contributed by atoms with Crippen LogP contribution < -0.4 is 9.47 Å². The van der Waals surface area contributed by atoms with E-state index in [-0.39, 0.29) is 0 Å². The molecule has 1 aliphatic carbocycles. The number of aromatic nitrogens is 1. The molecule has 0 bridgehead atoms. The summed E-state index contributed by atoms with van der Waals surface area (Å²) < 4.78 is 2.31. The van der Waals surface area contributed by atoms with Crippen molar-refractivity contribution in [2.75, 3.05) is 90.4 Å². The van der Waals surface area contributed by atoms with Crippen LogP contribution in [0, 0.1) is 0 Å². The van der Waals surface area contributed by atoms with Gasteiger partial charge in [-0.2, -0.15) is 4.57 Å². The SMILES string of the molecule is CCC[n+]1ccccc1/C=C/c1ccc(N(C)CCCN(C)CCSSCCN(C)CCCN(C)C2C=CC(/C=C/C(C)=C/C=C\C=N\CC)=CC2)cc1. The molecule has 54 heavy (non-hydrogen) atoms. The van der Waals surface area contributed by atoms with Gasteiger partial charge in [-0.15, -0.1) is 0 Å². The molecule has 1 aliphatic rings. The van der Waals surface area contributed by atoms with Gasteiger partial charge in [-0.1, -0.05) is 88.7 Å². The molecule has 0 amide bonds. The van der Waals surface area contributed by atoms with Crippen molar-refractivity contribution in [3.8, 4) is 0 Å². The molecule has 0 saturated carbocycles. The summed E-state index contributed by atoms with van der Waals surface area (Å²) in [4.78, 5) is 14.0. The van der Waals surface area contributed by atoms with Crippen LogP contribution in [0.3, 0.4) is 0 Å². The minimum atomic E-state index is 0.486. The van der Waals surface area contributed by atoms with Crippen molar-refractivity contribution in [2.24, 2.45) is 4.99 Å². The monoisotopic (exact) mass is 770 g/mol. The van der Waals surface area contributed by atoms with Gasteiger partial charge in [-0.05, 0) is 115 Å². The van der Waals surface area contributed by atoms with Crippen molar-refractivity contribution in [3.05, 3.63) is 120 Å². The van der Waals surface area contributed by atoms with E-state index in [1.165, 1.54) is 46.0 Å². The average Bonchev–Trinajstić information content (AvgIpc) is 3.18. The fourth-order valence-corrected chi connectivity index (χ4v) is 8.24. The van der Waals surface area contributed by atoms with E-state index in [0.29, 0.717) is 6.04 Å². The Morgan fingerprint density at radius 3 is 2.22 bits per heavy atom. The van der Waals surface area contributed by atoms with E-state index in [1.807, 2.05) is 46.9 Å². The quantitative estimate of drug-likeness (QED) is 0.0312. The smallest absolute Gasteiger partial charge is 0.205 e. The summed E-state index contributed by atoms with van der Waals surface area (Å²) in [5, 5.41) is 0. The van der Waals surface area contributed by atoms with Crippen LogP contribution in [0.4, 0.5) is 5.69 Å². The maximum Gasteiger partial charge on any atom is 0.205 e. The Hall–Kier alpha value is -3.14. The highest BCUT2D eigenvalue weighted by Gasteiger charge is 2.13. The van der Waals surface area contributed by atoms with Crippen LogP contribution in [0.2, 0.25) is 0 Å². The molecule has 8 heteroatoms. The van der Waals surface area contributed by atoms with Crippen molar-refractivity contribution in [1.82, 2.24) is 14.7 Å². The third kappa shape index (κ3) is 18.9. The summed E-state index contributed by atoms with van der Waals surface area (Å²) in [7, 11) is 13.0. The van der Waals surface area contributed by atoms with Crippen molar-refractivity contribution in [1.29, 1.82) is 0 Å². The lowest BCUT2D eigenvalue weighted by molar-refractivity contribution is -0.698. The number of allylic oxidation sites excluding steroid dienone is 8. The second-order valence-corrected chi connectivity index (χ2v) is 16.9. The first-order valence-corrected chi connectivity index (χ1v) is 22.5. The number of rotatable bonds is 26. The van der Waals surface area contributed by atoms with Crippen LogP contribution in [0.15, 0.2) is 113 Å². The molecule has 1 aromatic heterocycles. The first-order chi connectivity index (χ1) is 26.3. The van der Waals surface area contributed by atoms with E-state index >= 15 is 0 Å². The number of likely N-dealkylation sites (N-methyl/N-ethyl adjacent to an activating group) is 1. The number of hydrogen-bond donors (Lipinski definition) is 0. The molecule has 0 N–H and O–H groups in total. The van der Waals surface area contributed by atoms with Crippen LogP contribution in [-0.4, -0.2) is 112 Å². The molecule has 0 radical (unpaired) electrons. The predicted molar refractivity (Wildman–Crippen MR) is 244 cm³/mol. The highest BCUT2D eigenvalue weighted by atomic mass is 33.1. The number of hydrogen-bond acceptors (Lipinski definition) is 7. The molecule has 0 spiro atoms. The Labute approximate surface area is 337 Å². The number of benzene rings is 1. The second kappa shape index (κ2) is 27.4. The molecular weight excluding hydrogens is 701 g/mol. The first-order valence-electron chi connectivity index (χ1n) is 20.0. The van der Waals surface area contributed by atoms with Gasteiger partial charge in [0.2, 0.25) is 5.69 Å². The third-order valence-electron chi connectivity index (χ3n) is 9.56. The number of pyridine rings is 1. The summed E-state index contributed by atoms with van der Waals surface area (Å²) in [6.45, 7) is 15.0. The molecule has 1 atom stereocenters. The maximum absolute atomic E-state index is 4.20. The van der Waals surface area contributed by atoms with Gasteiger partial charge in [0.15, 0.2) is 6.20 Å². The minimum Gasteiger partial charge on any atom is -0.375 e. The summed E-state index contributed by atoms with van der Waals surface area (Å²) in [6, 6.07) is 15.8. The maximum atomic E-state index is 4.20. The van der Waals surface area contributed by atoms with E-state index in [4.69, 9.17) is 0 Å². The Morgan fingerprint density at radius 2 is 1.56 bits per heavy atom. The number of anilines is 1. The van der Waals surface area contributed by atoms with Gasteiger partial charge in [0.1, 0.15) is 6.54 Å². The lowest BCUT2D eigenvalue weighted by atomic mass is 10.0. The van der Waals surface area contributed by atoms with Crippen LogP contribution in [0.5, 0.6) is 0 Å². The topological polar surface area (TPSA) is 29.2 Å². The first kappa shape index (κ1) is 45.3. The van der Waals surface area contributed by atoms with Crippen molar-refractivity contribution < 1.29 is 4.57 Å². The zero-order chi connectivity index (χ0) is 38.8. The Bertz CT molecular complexity index is 1540. The molecule has 0 aliphatic heterocycles. The largest absolute Gasteiger partial charge is 0.375 e. The lowest BCUT2D eigenvalue weighted by Gasteiger charge is -2.27. The summed E-state index contributed by atoms with van der Waals surface area (Å²) in [6.07, 6.45) is 30.5. The standard InChI is InChI=1S/C46H69N6S2/c1-8-31-52-36-13-11-17-46(52)29-24-43-22-27-45(28-23-43)51(7)35-15-33-49(5)38-40-54-53-39-37-48(4)32-14-34-50(6)44-25-20-42(21-26-44)19-18-41(3)16-10-12-30-47-9-2/h10-13,16-25,27-30,36,44H,8-9,14-15,26,31-35,37-40H2,1-7H3/q+1/b12-10-,19-18+,41-16+,47-30+. The predicted octanol–water partition coefficient (Wildman–Crippen LogP) is 9.35. The normalized spacial score (nSPS) is 15.4. The zero-order valence-electron chi connectivity index (χ0n) is 34.4. The second-order valence-electron chi connectivity index (χ2n) is 14.2. The molecule has 1 heterocycles. The molecule has 3 rings (SSSR count). The van der Waals surface area contributed by atoms with E-state index in [1.54, 1.807) is 0 Å². The third-order valence-corrected chi connectivity index (χ3v) is 11.9. The van der Waals surface area contributed by atoms with E-state index in [0.717, 1.165) is 71.6 Å². The van der Waals surface area contributed by atoms with E-state index < -0.39 is 0 Å². The van der Waals surface area contributed by atoms with Crippen LogP contribution in [-0.2, 0) is 6.54 Å². The van der Waals surface area contributed by atoms with Gasteiger partial charge in [-0.3, -0.25) is 9.89 Å². The zero-order valence-corrected chi connectivity index (χ0v) is 36.1. The molecule has 1 aromatic carbocycles. The minimum absolute atomic E-state index is 0.486. The van der Waals surface area contributed by atoms with Crippen molar-refractivity contribution in [2.45, 2.75) is 59.0 Å². The molecule has 0 fully saturated rings. The Morgan fingerprint density at radius 1 is 0.833 bits per heavy atom. The fourth-order valence-electron chi connectivity index (χ4n) is 6.08. The molecule has 6 nitrogen and oxygen atoms in total. The highest BCUT2D eigenvalue weighted by Crippen LogP contribution is 2.21. The summed E-state index contributed by atoms with van der Waals surface area (Å²) in [5.41, 5.74) is 6.27. The van der Waals surface area contributed by atoms with Gasteiger partial charge in [-0.25, -0.2) is 0 Å². The molecular formula is C46H69N6S2+. The Kier molecular flexibility index (Phi) is 23.0. The number of aryl methyl sites for hydroxylation is 1. The molecule has 0 saturated heterocycles. The lowest BCUT2D eigenvalue weighted by Crippen LogP contribution is -2.35. The molecule has 2 aromatic rings. The fraction of sp³-hybridized carbons (Fsp3) is 0.478. The van der Waals surface area contributed by atoms with Crippen molar-refractivity contribution in [3.63, 3.8) is 0 Å². The summed E-state index contributed by atoms with van der Waals surface area (Å²) >= 11 is 0. The van der Waals surface area contributed by atoms with Gasteiger partial charge in [0, 0.05) is 87.3 Å². The van der Waals surface area contributed by atoms with Gasteiger partial charge >= 0.3 is 0 Å².